The third-order valence-electron chi connectivity index (χ3n) is 2.88. The van der Waals surface area contributed by atoms with Gasteiger partial charge in [-0.15, -0.1) is 0 Å². The van der Waals surface area contributed by atoms with E-state index in [4.69, 9.17) is 10.8 Å². The number of hydrogen-bond acceptors (Lipinski definition) is 6. The van der Waals surface area contributed by atoms with Crippen molar-refractivity contribution < 1.29 is 31.0 Å². The van der Waals surface area contributed by atoms with Crippen LogP contribution in [0.5, 0.6) is 0 Å². The molecule has 1 fully saturated rings. The third-order valence-corrected chi connectivity index (χ3v) is 2.88. The van der Waals surface area contributed by atoms with Crippen LogP contribution in [0.1, 0.15) is 13.2 Å². The minimum absolute atomic E-state index is 0.162. The van der Waals surface area contributed by atoms with Crippen LogP contribution in [-0.2, 0) is 14.3 Å². The van der Waals surface area contributed by atoms with Gasteiger partial charge in [-0.3, -0.25) is 0 Å². The zero-order valence-electron chi connectivity index (χ0n) is 11.0. The maximum absolute atomic E-state index is 10.5. The summed E-state index contributed by atoms with van der Waals surface area (Å²) in [6.45, 7) is -0.513. The molecule has 0 spiro atoms. The highest BCUT2D eigenvalue weighted by molar-refractivity contribution is 5.56. The summed E-state index contributed by atoms with van der Waals surface area (Å²) in [7, 11) is 0. The van der Waals surface area contributed by atoms with Gasteiger partial charge in [-0.25, -0.2) is 0 Å². The van der Waals surface area contributed by atoms with Crippen molar-refractivity contribution in [1.82, 2.24) is 0 Å². The molecule has 1 saturated heterocycles. The van der Waals surface area contributed by atoms with Crippen molar-refractivity contribution in [1.29, 1.82) is 0 Å². The Morgan fingerprint density at radius 3 is 2.58 bits per heavy atom. The molecule has 6 nitrogen and oxygen atoms in total. The molecule has 0 aromatic heterocycles. The molecule has 5 atom stereocenters. The van der Waals surface area contributed by atoms with Gasteiger partial charge in [0, 0.05) is 5.56 Å². The van der Waals surface area contributed by atoms with Crippen molar-refractivity contribution in [2.75, 3.05) is 6.61 Å². The van der Waals surface area contributed by atoms with E-state index < -0.39 is 37.3 Å². The molecule has 3 N–H and O–H groups in total. The topological polar surface area (TPSA) is 96.2 Å². The fourth-order valence-corrected chi connectivity index (χ4v) is 1.85. The van der Waals surface area contributed by atoms with Gasteiger partial charge in [-0.05, 0) is 0 Å². The lowest BCUT2D eigenvalue weighted by Gasteiger charge is -2.22. The number of benzene rings is 1. The fraction of sp³-hybridized carbons (Fsp3) is 0.462. The average Bonchev–Trinajstić information content (AvgIpc) is 2.85. The SMILES string of the molecule is [2H]C1(c2ccccc2)O[C@@H]([C@H](O)[C@@H](O)C=O)[C@@H](CO)O1. The molecular formula is C13H16O6. The van der Waals surface area contributed by atoms with Gasteiger partial charge >= 0.3 is 0 Å². The minimum atomic E-state index is -1.90. The standard InChI is InChI=1S/C13H16O6/c14-6-9(16)11(17)12-10(7-15)18-13(19-12)8-4-2-1-3-5-8/h1-6,9-13,15-17H,7H2/t9-,10+,11+,12+,13?/m0/s1/i13D. The zero-order valence-corrected chi connectivity index (χ0v) is 10.0. The first-order chi connectivity index (χ1) is 9.51. The summed E-state index contributed by atoms with van der Waals surface area (Å²) in [6.07, 6.45) is -7.19. The molecule has 0 radical (unpaired) electrons. The van der Waals surface area contributed by atoms with Crippen LogP contribution in [-0.4, -0.2) is 52.6 Å². The van der Waals surface area contributed by atoms with E-state index >= 15 is 0 Å². The Morgan fingerprint density at radius 1 is 1.32 bits per heavy atom. The second kappa shape index (κ2) is 6.23. The van der Waals surface area contributed by atoms with Crippen LogP contribution in [0.3, 0.4) is 0 Å². The predicted octanol–water partition coefficient (Wildman–Crippen LogP) is -0.618. The number of aliphatic hydroxyl groups excluding tert-OH is 3. The molecule has 2 rings (SSSR count). The summed E-state index contributed by atoms with van der Waals surface area (Å²) in [4.78, 5) is 10.5. The molecule has 1 aliphatic heterocycles. The van der Waals surface area contributed by atoms with Crippen LogP contribution in [0.15, 0.2) is 30.3 Å². The zero-order chi connectivity index (χ0) is 14.8. The molecule has 1 aromatic rings. The number of rotatable bonds is 5. The molecule has 1 heterocycles. The number of aliphatic hydroxyl groups is 3. The molecule has 1 unspecified atom stereocenters. The fourth-order valence-electron chi connectivity index (χ4n) is 1.85. The number of hydrogen-bond donors (Lipinski definition) is 3. The first-order valence-corrected chi connectivity index (χ1v) is 5.85. The summed E-state index contributed by atoms with van der Waals surface area (Å²) in [6, 6.07) is 8.35. The summed E-state index contributed by atoms with van der Waals surface area (Å²) >= 11 is 0. The second-order valence-electron chi connectivity index (χ2n) is 4.19. The molecule has 0 bridgehead atoms. The Morgan fingerprint density at radius 2 is 2.00 bits per heavy atom. The van der Waals surface area contributed by atoms with Crippen molar-refractivity contribution in [3.63, 3.8) is 0 Å². The molecule has 0 aliphatic carbocycles. The monoisotopic (exact) mass is 269 g/mol. The van der Waals surface area contributed by atoms with Crippen molar-refractivity contribution in [3.8, 4) is 0 Å². The maximum Gasteiger partial charge on any atom is 0.184 e. The molecule has 6 heteroatoms. The van der Waals surface area contributed by atoms with E-state index in [1.165, 1.54) is 0 Å². The van der Waals surface area contributed by atoms with Crippen molar-refractivity contribution in [2.24, 2.45) is 0 Å². The first kappa shape index (κ1) is 12.7. The highest BCUT2D eigenvalue weighted by Crippen LogP contribution is 2.33. The average molecular weight is 269 g/mol. The number of aldehydes is 1. The Hall–Kier alpha value is -1.31. The van der Waals surface area contributed by atoms with Crippen molar-refractivity contribution in [3.05, 3.63) is 35.9 Å². The van der Waals surface area contributed by atoms with Gasteiger partial charge in [0.1, 0.15) is 24.4 Å². The molecular weight excluding hydrogens is 252 g/mol. The Bertz CT molecular complexity index is 455. The van der Waals surface area contributed by atoms with Gasteiger partial charge in [0.05, 0.1) is 7.98 Å². The van der Waals surface area contributed by atoms with Crippen LogP contribution in [0.2, 0.25) is 0 Å². The predicted molar refractivity (Wildman–Crippen MR) is 64.1 cm³/mol. The van der Waals surface area contributed by atoms with Gasteiger partial charge in [0.25, 0.3) is 0 Å². The third kappa shape index (κ3) is 2.99. The summed E-state index contributed by atoms with van der Waals surface area (Å²) < 4.78 is 18.8. The minimum Gasteiger partial charge on any atom is -0.394 e. The Kier molecular flexibility index (Phi) is 4.16. The van der Waals surface area contributed by atoms with E-state index in [0.717, 1.165) is 0 Å². The molecule has 19 heavy (non-hydrogen) atoms. The lowest BCUT2D eigenvalue weighted by atomic mass is 10.0. The second-order valence-corrected chi connectivity index (χ2v) is 4.19. The van der Waals surface area contributed by atoms with Gasteiger partial charge in [-0.1, -0.05) is 30.3 Å². The summed E-state index contributed by atoms with van der Waals surface area (Å²) in [5.74, 6) is 0. The normalized spacial score (nSPS) is 34.6. The quantitative estimate of drug-likeness (QED) is 0.617. The van der Waals surface area contributed by atoms with Crippen LogP contribution < -0.4 is 0 Å². The van der Waals surface area contributed by atoms with Gasteiger partial charge in [0.15, 0.2) is 12.6 Å². The lowest BCUT2D eigenvalue weighted by Crippen LogP contribution is -2.44. The molecule has 104 valence electrons. The number of carbonyl (C=O) groups excluding carboxylic acids is 1. The van der Waals surface area contributed by atoms with Gasteiger partial charge < -0.3 is 29.6 Å². The van der Waals surface area contributed by atoms with Crippen LogP contribution >= 0.6 is 0 Å². The Balaban J connectivity index is 2.23. The van der Waals surface area contributed by atoms with E-state index in [1.807, 2.05) is 0 Å². The maximum atomic E-state index is 10.5. The first-order valence-electron chi connectivity index (χ1n) is 6.35. The van der Waals surface area contributed by atoms with E-state index in [2.05, 4.69) is 0 Å². The molecule has 1 aliphatic rings. The molecule has 1 aromatic carbocycles. The van der Waals surface area contributed by atoms with Crippen molar-refractivity contribution >= 4 is 6.29 Å². The smallest absolute Gasteiger partial charge is 0.184 e. The van der Waals surface area contributed by atoms with Crippen LogP contribution in [0, 0.1) is 0 Å². The highest BCUT2D eigenvalue weighted by atomic mass is 16.7. The van der Waals surface area contributed by atoms with Gasteiger partial charge in [-0.2, -0.15) is 0 Å². The summed E-state index contributed by atoms with van der Waals surface area (Å²) in [5.41, 5.74) is 0.383. The Labute approximate surface area is 111 Å². The van der Waals surface area contributed by atoms with Crippen LogP contribution in [0.4, 0.5) is 0 Å². The number of carbonyl (C=O) groups is 1. The highest BCUT2D eigenvalue weighted by Gasteiger charge is 2.43. The van der Waals surface area contributed by atoms with E-state index in [-0.39, 0.29) is 6.29 Å². The van der Waals surface area contributed by atoms with E-state index in [0.29, 0.717) is 5.56 Å². The van der Waals surface area contributed by atoms with Crippen molar-refractivity contribution in [2.45, 2.75) is 30.7 Å². The largest absolute Gasteiger partial charge is 0.394 e. The van der Waals surface area contributed by atoms with E-state index in [1.54, 1.807) is 30.3 Å². The van der Waals surface area contributed by atoms with Crippen LogP contribution in [0.25, 0.3) is 0 Å². The number of ether oxygens (including phenoxy) is 2. The molecule has 0 amide bonds. The van der Waals surface area contributed by atoms with E-state index in [9.17, 15) is 20.1 Å². The summed E-state index contributed by atoms with van der Waals surface area (Å²) in [5, 5.41) is 28.4. The van der Waals surface area contributed by atoms with Gasteiger partial charge in [0.2, 0.25) is 0 Å². The molecule has 0 saturated carbocycles. The lowest BCUT2D eigenvalue weighted by molar-refractivity contribution is -0.132.